The van der Waals surface area contributed by atoms with Crippen molar-refractivity contribution < 1.29 is 24.2 Å². The van der Waals surface area contributed by atoms with Crippen LogP contribution in [0.25, 0.3) is 0 Å². The summed E-state index contributed by atoms with van der Waals surface area (Å²) in [4.78, 5) is 27.8. The van der Waals surface area contributed by atoms with E-state index in [0.29, 0.717) is 22.4 Å². The van der Waals surface area contributed by atoms with Crippen LogP contribution in [0.3, 0.4) is 0 Å². The lowest BCUT2D eigenvalue weighted by Gasteiger charge is -2.22. The number of amidine groups is 1. The molecule has 12 heteroatoms. The molecule has 1 saturated heterocycles. The molecule has 2 aromatic carbocycles. The van der Waals surface area contributed by atoms with Crippen LogP contribution >= 0.6 is 15.9 Å². The molecule has 0 bridgehead atoms. The van der Waals surface area contributed by atoms with Crippen LogP contribution in [0, 0.1) is 0 Å². The molecule has 0 radical (unpaired) electrons. The summed E-state index contributed by atoms with van der Waals surface area (Å²) in [6, 6.07) is 11.1. The quantitative estimate of drug-likeness (QED) is 0.387. The predicted molar refractivity (Wildman–Crippen MR) is 121 cm³/mol. The Balaban J connectivity index is 1.46. The second-order valence-corrected chi connectivity index (χ2v) is 8.11. The van der Waals surface area contributed by atoms with Gasteiger partial charge in [-0.25, -0.2) is 9.80 Å². The lowest BCUT2D eigenvalue weighted by molar-refractivity contribution is -0.132. The minimum atomic E-state index is -1.07. The van der Waals surface area contributed by atoms with Gasteiger partial charge in [0.05, 0.1) is 18.2 Å². The molecular formula is C21H19BrN6O5. The number of aliphatic imine (C=N–C) groups is 1. The van der Waals surface area contributed by atoms with E-state index in [-0.39, 0.29) is 41.7 Å². The van der Waals surface area contributed by atoms with Gasteiger partial charge in [-0.05, 0) is 35.9 Å². The predicted octanol–water partition coefficient (Wildman–Crippen LogP) is 3.38. The Labute approximate surface area is 196 Å². The van der Waals surface area contributed by atoms with Gasteiger partial charge in [-0.15, -0.1) is 5.10 Å². The number of carbonyl (C=O) groups is 2. The zero-order valence-corrected chi connectivity index (χ0v) is 18.9. The zero-order chi connectivity index (χ0) is 23.5. The first-order valence-electron chi connectivity index (χ1n) is 9.82. The van der Waals surface area contributed by atoms with Crippen molar-refractivity contribution in [2.45, 2.75) is 25.9 Å². The molecule has 0 aliphatic carbocycles. The lowest BCUT2D eigenvalue weighted by Crippen LogP contribution is -2.38. The Hall–Kier alpha value is -3.93. The van der Waals surface area contributed by atoms with Crippen molar-refractivity contribution in [2.24, 2.45) is 4.99 Å². The number of carboxylic acid groups (broad SMARTS) is 1. The van der Waals surface area contributed by atoms with Gasteiger partial charge in [-0.3, -0.25) is 10.2 Å². The van der Waals surface area contributed by atoms with Crippen molar-refractivity contribution in [2.75, 3.05) is 5.32 Å². The molecule has 1 amide bonds. The number of phenols is 1. The van der Waals surface area contributed by atoms with Crippen LogP contribution in [0.5, 0.6) is 5.75 Å². The maximum Gasteiger partial charge on any atom is 0.344 e. The second kappa shape index (κ2) is 9.28. The SMILES string of the molecule is CC(=O)N1N/C(=N\c2nnc(CNc3ccc(Br)cc3C(=O)O)o2)CC1c1ccc(O)cc1. The van der Waals surface area contributed by atoms with Gasteiger partial charge in [-0.2, -0.15) is 4.99 Å². The van der Waals surface area contributed by atoms with E-state index in [1.54, 1.807) is 36.4 Å². The number of hydrazine groups is 1. The number of nitrogens with zero attached hydrogens (tertiary/aromatic N) is 4. The van der Waals surface area contributed by atoms with Crippen LogP contribution in [0.2, 0.25) is 0 Å². The molecule has 0 spiro atoms. The summed E-state index contributed by atoms with van der Waals surface area (Å²) in [6.07, 6.45) is 0.390. The second-order valence-electron chi connectivity index (χ2n) is 7.20. The largest absolute Gasteiger partial charge is 0.508 e. The first-order valence-corrected chi connectivity index (χ1v) is 10.6. The number of halogens is 1. The van der Waals surface area contributed by atoms with E-state index >= 15 is 0 Å². The fraction of sp³-hybridized carbons (Fsp3) is 0.190. The average Bonchev–Trinajstić information content (AvgIpc) is 3.40. The number of aromatic nitrogens is 2. The highest BCUT2D eigenvalue weighted by Crippen LogP contribution is 2.30. The van der Waals surface area contributed by atoms with E-state index in [1.165, 1.54) is 18.0 Å². The fourth-order valence-electron chi connectivity index (χ4n) is 3.36. The molecule has 33 heavy (non-hydrogen) atoms. The van der Waals surface area contributed by atoms with Crippen molar-refractivity contribution in [3.05, 3.63) is 64.0 Å². The fourth-order valence-corrected chi connectivity index (χ4v) is 3.73. The minimum absolute atomic E-state index is 0.00146. The molecule has 11 nitrogen and oxygen atoms in total. The van der Waals surface area contributed by atoms with Crippen molar-refractivity contribution in [3.63, 3.8) is 0 Å². The van der Waals surface area contributed by atoms with Crippen LogP contribution in [0.15, 0.2) is 56.3 Å². The van der Waals surface area contributed by atoms with Gasteiger partial charge in [0.15, 0.2) is 0 Å². The number of benzene rings is 2. The van der Waals surface area contributed by atoms with E-state index in [4.69, 9.17) is 4.42 Å². The van der Waals surface area contributed by atoms with E-state index in [9.17, 15) is 19.8 Å². The summed E-state index contributed by atoms with van der Waals surface area (Å²) in [5, 5.41) is 31.1. The number of carbonyl (C=O) groups excluding carboxylic acids is 1. The van der Waals surface area contributed by atoms with Crippen LogP contribution in [-0.4, -0.2) is 43.1 Å². The summed E-state index contributed by atoms with van der Waals surface area (Å²) in [5.74, 6) is -0.449. The smallest absolute Gasteiger partial charge is 0.344 e. The third kappa shape index (κ3) is 5.12. The molecule has 1 aliphatic rings. The summed E-state index contributed by atoms with van der Waals surface area (Å²) in [5.41, 5.74) is 4.29. The van der Waals surface area contributed by atoms with Gasteiger partial charge in [0.25, 0.3) is 0 Å². The topological polar surface area (TPSA) is 153 Å². The first-order chi connectivity index (χ1) is 15.8. The normalized spacial score (nSPS) is 16.6. The van der Waals surface area contributed by atoms with Crippen LogP contribution < -0.4 is 10.7 Å². The van der Waals surface area contributed by atoms with Crippen LogP contribution in [-0.2, 0) is 11.3 Å². The van der Waals surface area contributed by atoms with E-state index < -0.39 is 5.97 Å². The van der Waals surface area contributed by atoms with Crippen molar-refractivity contribution in [3.8, 4) is 5.75 Å². The Kier molecular flexibility index (Phi) is 6.27. The number of carboxylic acids is 1. The maximum atomic E-state index is 12.1. The summed E-state index contributed by atoms with van der Waals surface area (Å²) >= 11 is 3.25. The highest BCUT2D eigenvalue weighted by atomic mass is 79.9. The maximum absolute atomic E-state index is 12.1. The highest BCUT2D eigenvalue weighted by Gasteiger charge is 2.32. The minimum Gasteiger partial charge on any atom is -0.508 e. The highest BCUT2D eigenvalue weighted by molar-refractivity contribution is 9.10. The number of anilines is 1. The molecule has 2 heterocycles. The van der Waals surface area contributed by atoms with Crippen molar-refractivity contribution >= 4 is 45.3 Å². The monoisotopic (exact) mass is 514 g/mol. The number of hydrogen-bond acceptors (Lipinski definition) is 8. The van der Waals surface area contributed by atoms with Gasteiger partial charge >= 0.3 is 12.0 Å². The number of phenolic OH excluding ortho intramolecular Hbond substituents is 1. The summed E-state index contributed by atoms with van der Waals surface area (Å²) < 4.78 is 6.19. The van der Waals surface area contributed by atoms with Crippen molar-refractivity contribution in [1.82, 2.24) is 20.6 Å². The molecule has 3 aromatic rings. The number of hydrogen-bond donors (Lipinski definition) is 4. The first kappa shape index (κ1) is 22.3. The molecule has 1 fully saturated rings. The number of aromatic hydroxyl groups is 1. The molecule has 170 valence electrons. The molecule has 1 aliphatic heterocycles. The lowest BCUT2D eigenvalue weighted by atomic mass is 10.0. The van der Waals surface area contributed by atoms with E-state index in [1.807, 2.05) is 0 Å². The van der Waals surface area contributed by atoms with Crippen molar-refractivity contribution in [1.29, 1.82) is 0 Å². The Morgan fingerprint density at radius 3 is 2.73 bits per heavy atom. The third-order valence-corrected chi connectivity index (χ3v) is 5.39. The van der Waals surface area contributed by atoms with Crippen LogP contribution in [0.1, 0.15) is 41.2 Å². The van der Waals surface area contributed by atoms with E-state index in [0.717, 1.165) is 5.56 Å². The molecule has 1 aromatic heterocycles. The molecule has 4 N–H and O–H groups in total. The standard InChI is InChI=1S/C21H19BrN6O5/c1-11(29)28-17(12-2-5-14(30)6-3-12)9-18(27-28)24-21-26-25-19(33-21)10-23-16-7-4-13(22)8-15(16)20(31)32/h2-8,17,23,30H,9-10H2,1H3,(H,31,32)(H,24,26,27). The number of aromatic carboxylic acids is 1. The Morgan fingerprint density at radius 2 is 2.03 bits per heavy atom. The summed E-state index contributed by atoms with van der Waals surface area (Å²) in [7, 11) is 0. The average molecular weight is 515 g/mol. The molecule has 0 saturated carbocycles. The third-order valence-electron chi connectivity index (χ3n) is 4.89. The number of nitrogens with one attached hydrogen (secondary N) is 2. The Bertz CT molecular complexity index is 1230. The van der Waals surface area contributed by atoms with Crippen LogP contribution in [0.4, 0.5) is 11.7 Å². The van der Waals surface area contributed by atoms with Gasteiger partial charge in [0.2, 0.25) is 11.8 Å². The van der Waals surface area contributed by atoms with E-state index in [2.05, 4.69) is 41.9 Å². The number of rotatable bonds is 6. The molecule has 4 rings (SSSR count). The zero-order valence-electron chi connectivity index (χ0n) is 17.3. The van der Waals surface area contributed by atoms with Gasteiger partial charge in [-0.1, -0.05) is 33.2 Å². The van der Waals surface area contributed by atoms with Gasteiger partial charge < -0.3 is 19.9 Å². The molecule has 1 unspecified atom stereocenters. The molecule has 1 atom stereocenters. The Morgan fingerprint density at radius 1 is 1.27 bits per heavy atom. The van der Waals surface area contributed by atoms with Gasteiger partial charge in [0.1, 0.15) is 11.6 Å². The van der Waals surface area contributed by atoms with Gasteiger partial charge in [0, 0.05) is 23.5 Å². The summed E-state index contributed by atoms with van der Waals surface area (Å²) in [6.45, 7) is 1.54. The number of amides is 1. The molecular weight excluding hydrogens is 496 g/mol.